The maximum Gasteiger partial charge on any atom is 0.160 e. The summed E-state index contributed by atoms with van der Waals surface area (Å²) in [5, 5.41) is 22.6. The summed E-state index contributed by atoms with van der Waals surface area (Å²) in [6, 6.07) is 72.5. The molecule has 59 heavy (non-hydrogen) atoms. The molecule has 0 spiro atoms. The maximum atomic E-state index is 10.2. The number of rotatable bonds is 7. The highest BCUT2D eigenvalue weighted by Crippen LogP contribution is 2.45. The lowest BCUT2D eigenvalue weighted by Crippen LogP contribution is -2.03. The van der Waals surface area contributed by atoms with Crippen molar-refractivity contribution in [2.75, 3.05) is 0 Å². The zero-order valence-corrected chi connectivity index (χ0v) is 31.8. The summed E-state index contributed by atoms with van der Waals surface area (Å²) in [4.78, 5) is 10.5. The van der Waals surface area contributed by atoms with Gasteiger partial charge < -0.3 is 4.57 Å². The summed E-state index contributed by atoms with van der Waals surface area (Å²) in [5.74, 6) is 0.557. The molecule has 0 bridgehead atoms. The van der Waals surface area contributed by atoms with Crippen LogP contribution in [0.4, 0.5) is 0 Å². The summed E-state index contributed by atoms with van der Waals surface area (Å²) in [5.41, 5.74) is 14.2. The van der Waals surface area contributed by atoms with Gasteiger partial charge >= 0.3 is 0 Å². The molecule has 0 saturated carbocycles. The van der Waals surface area contributed by atoms with Crippen LogP contribution < -0.4 is 0 Å². The fourth-order valence-corrected chi connectivity index (χ4v) is 8.07. The smallest absolute Gasteiger partial charge is 0.160 e. The maximum absolute atomic E-state index is 10.2. The third-order valence-corrected chi connectivity index (χ3v) is 10.8. The summed E-state index contributed by atoms with van der Waals surface area (Å²) >= 11 is 0. The van der Waals surface area contributed by atoms with Gasteiger partial charge in [-0.2, -0.15) is 10.5 Å². The fraction of sp³-hybridized carbons (Fsp3) is 0. The van der Waals surface area contributed by atoms with Gasteiger partial charge in [-0.1, -0.05) is 140 Å². The first kappa shape index (κ1) is 35.1. The Bertz CT molecular complexity index is 3140. The standard InChI is InChI=1S/C54H33N5/c55-34-36-14-12-22-42(28-36)46-31-44(54-57-49(39-18-6-2-7-19-39)33-50(58-54)40-20-8-3-9-21-40)32-47(43-23-13-15-37(29-43)35-56)53(46)59-51-25-11-10-24-45(51)48-30-41(26-27-52(48)59)38-16-4-1-5-17-38/h1-33H. The Kier molecular flexibility index (Phi) is 8.88. The first-order valence-corrected chi connectivity index (χ1v) is 19.4. The van der Waals surface area contributed by atoms with Gasteiger partial charge in [-0.05, 0) is 82.9 Å². The fourth-order valence-electron chi connectivity index (χ4n) is 8.07. The quantitative estimate of drug-likeness (QED) is 0.162. The average Bonchev–Trinajstić information content (AvgIpc) is 3.65. The lowest BCUT2D eigenvalue weighted by atomic mass is 9.91. The third kappa shape index (κ3) is 6.50. The van der Waals surface area contributed by atoms with Gasteiger partial charge in [0.1, 0.15) is 0 Å². The molecule has 2 aromatic heterocycles. The molecule has 5 heteroatoms. The minimum Gasteiger partial charge on any atom is -0.308 e. The molecule has 0 aliphatic carbocycles. The van der Waals surface area contributed by atoms with Crippen molar-refractivity contribution in [3.8, 4) is 85.1 Å². The van der Waals surface area contributed by atoms with Crippen LogP contribution in [0.5, 0.6) is 0 Å². The Labute approximate surface area is 342 Å². The Morgan fingerprint density at radius 3 is 1.41 bits per heavy atom. The Hall–Kier alpha value is -8.38. The number of hydrogen-bond acceptors (Lipinski definition) is 4. The summed E-state index contributed by atoms with van der Waals surface area (Å²) in [6.07, 6.45) is 0. The van der Waals surface area contributed by atoms with Crippen LogP contribution in [-0.4, -0.2) is 14.5 Å². The first-order chi connectivity index (χ1) is 29.1. The van der Waals surface area contributed by atoms with Crippen LogP contribution in [0, 0.1) is 22.7 Å². The predicted octanol–water partition coefficient (Wildman–Crippen LogP) is 13.3. The van der Waals surface area contributed by atoms with E-state index in [9.17, 15) is 10.5 Å². The van der Waals surface area contributed by atoms with Gasteiger partial charge in [-0.15, -0.1) is 0 Å². The molecule has 0 radical (unpaired) electrons. The van der Waals surface area contributed by atoms with Crippen LogP contribution in [0.2, 0.25) is 0 Å². The van der Waals surface area contributed by atoms with E-state index < -0.39 is 0 Å². The van der Waals surface area contributed by atoms with Crippen molar-refractivity contribution < 1.29 is 0 Å². The second kappa shape index (κ2) is 14.9. The first-order valence-electron chi connectivity index (χ1n) is 19.4. The van der Waals surface area contributed by atoms with E-state index in [-0.39, 0.29) is 0 Å². The lowest BCUT2D eigenvalue weighted by molar-refractivity contribution is 1.17. The van der Waals surface area contributed by atoms with E-state index in [0.717, 1.165) is 89.0 Å². The average molecular weight is 752 g/mol. The van der Waals surface area contributed by atoms with Crippen molar-refractivity contribution in [1.82, 2.24) is 14.5 Å². The second-order valence-electron chi connectivity index (χ2n) is 14.4. The van der Waals surface area contributed by atoms with Crippen LogP contribution in [0.25, 0.3) is 94.8 Å². The molecule has 0 saturated heterocycles. The van der Waals surface area contributed by atoms with E-state index in [1.165, 1.54) is 0 Å². The number of aromatic nitrogens is 3. The molecule has 0 amide bonds. The molecule has 0 unspecified atom stereocenters. The molecule has 0 atom stereocenters. The van der Waals surface area contributed by atoms with Crippen LogP contribution in [-0.2, 0) is 0 Å². The molecule has 2 heterocycles. The molecule has 274 valence electrons. The molecule has 0 fully saturated rings. The number of fused-ring (bicyclic) bond motifs is 3. The van der Waals surface area contributed by atoms with Crippen molar-refractivity contribution in [2.24, 2.45) is 0 Å². The molecule has 10 rings (SSSR count). The van der Waals surface area contributed by atoms with Gasteiger partial charge in [-0.3, -0.25) is 0 Å². The Morgan fingerprint density at radius 1 is 0.356 bits per heavy atom. The minimum absolute atomic E-state index is 0.551. The van der Waals surface area contributed by atoms with Gasteiger partial charge in [0.05, 0.1) is 51.4 Å². The minimum atomic E-state index is 0.551. The number of nitrogens with zero attached hydrogens (tertiary/aromatic N) is 5. The highest BCUT2D eigenvalue weighted by Gasteiger charge is 2.23. The third-order valence-electron chi connectivity index (χ3n) is 10.8. The topological polar surface area (TPSA) is 78.3 Å². The van der Waals surface area contributed by atoms with E-state index in [4.69, 9.17) is 9.97 Å². The molecule has 8 aromatic carbocycles. The van der Waals surface area contributed by atoms with Gasteiger partial charge in [0.25, 0.3) is 0 Å². The van der Waals surface area contributed by atoms with E-state index in [1.54, 1.807) is 0 Å². The predicted molar refractivity (Wildman–Crippen MR) is 238 cm³/mol. The van der Waals surface area contributed by atoms with E-state index in [0.29, 0.717) is 17.0 Å². The Balaban J connectivity index is 1.33. The van der Waals surface area contributed by atoms with Crippen molar-refractivity contribution in [3.05, 3.63) is 211 Å². The van der Waals surface area contributed by atoms with E-state index >= 15 is 0 Å². The molecular formula is C54H33N5. The molecule has 10 aromatic rings. The summed E-state index contributed by atoms with van der Waals surface area (Å²) < 4.78 is 2.34. The monoisotopic (exact) mass is 751 g/mol. The summed E-state index contributed by atoms with van der Waals surface area (Å²) in [6.45, 7) is 0. The largest absolute Gasteiger partial charge is 0.308 e. The number of para-hydroxylation sites is 1. The number of hydrogen-bond donors (Lipinski definition) is 0. The molecule has 0 aliphatic heterocycles. The summed E-state index contributed by atoms with van der Waals surface area (Å²) in [7, 11) is 0. The molecular weight excluding hydrogens is 719 g/mol. The highest BCUT2D eigenvalue weighted by atomic mass is 15.0. The lowest BCUT2D eigenvalue weighted by Gasteiger charge is -2.21. The van der Waals surface area contributed by atoms with Crippen LogP contribution in [0.3, 0.4) is 0 Å². The van der Waals surface area contributed by atoms with Crippen molar-refractivity contribution >= 4 is 21.8 Å². The van der Waals surface area contributed by atoms with Crippen LogP contribution in [0.1, 0.15) is 11.1 Å². The van der Waals surface area contributed by atoms with Crippen LogP contribution in [0.15, 0.2) is 200 Å². The SMILES string of the molecule is N#Cc1cccc(-c2cc(-c3nc(-c4ccccc4)cc(-c4ccccc4)n3)cc(-c3cccc(C#N)c3)c2-n2c3ccccc3c3cc(-c4ccccc4)ccc32)c1. The van der Waals surface area contributed by atoms with Gasteiger partial charge in [-0.25, -0.2) is 9.97 Å². The van der Waals surface area contributed by atoms with E-state index in [2.05, 4.69) is 132 Å². The molecule has 5 nitrogen and oxygen atoms in total. The zero-order valence-electron chi connectivity index (χ0n) is 31.8. The number of nitriles is 2. The van der Waals surface area contributed by atoms with Crippen LogP contribution >= 0.6 is 0 Å². The zero-order chi connectivity index (χ0) is 39.7. The second-order valence-corrected chi connectivity index (χ2v) is 14.4. The van der Waals surface area contributed by atoms with Gasteiger partial charge in [0.2, 0.25) is 0 Å². The number of benzene rings is 8. The van der Waals surface area contributed by atoms with Crippen molar-refractivity contribution in [3.63, 3.8) is 0 Å². The van der Waals surface area contributed by atoms with Gasteiger partial charge in [0, 0.05) is 38.6 Å². The highest BCUT2D eigenvalue weighted by molar-refractivity contribution is 6.12. The van der Waals surface area contributed by atoms with Crippen molar-refractivity contribution in [2.45, 2.75) is 0 Å². The molecule has 0 aliphatic rings. The normalized spacial score (nSPS) is 11.0. The van der Waals surface area contributed by atoms with E-state index in [1.807, 2.05) is 84.9 Å². The van der Waals surface area contributed by atoms with Crippen molar-refractivity contribution in [1.29, 1.82) is 10.5 Å². The van der Waals surface area contributed by atoms with Gasteiger partial charge in [0.15, 0.2) is 5.82 Å². The molecule has 0 N–H and O–H groups in total. The Morgan fingerprint density at radius 2 is 0.847 bits per heavy atom.